The van der Waals surface area contributed by atoms with E-state index in [9.17, 15) is 13.2 Å². The first-order valence-corrected chi connectivity index (χ1v) is 10.7. The fourth-order valence-electron chi connectivity index (χ4n) is 3.40. The minimum Gasteiger partial charge on any atom is -0.278 e. The van der Waals surface area contributed by atoms with E-state index in [2.05, 4.69) is 27.4 Å². The maximum atomic E-state index is 12.6. The highest BCUT2D eigenvalue weighted by Gasteiger charge is 2.38. The van der Waals surface area contributed by atoms with Crippen molar-refractivity contribution in [3.8, 4) is 0 Å². The molecule has 2 aliphatic carbocycles. The van der Waals surface area contributed by atoms with Crippen LogP contribution in [0.4, 0.5) is 5.69 Å². The second kappa shape index (κ2) is 7.41. The van der Waals surface area contributed by atoms with Crippen molar-refractivity contribution >= 4 is 38.9 Å². The number of hydrogen-bond donors (Lipinski definition) is 2. The van der Waals surface area contributed by atoms with Crippen LogP contribution in [-0.4, -0.2) is 20.0 Å². The number of halogens is 1. The van der Waals surface area contributed by atoms with Crippen LogP contribution in [0.2, 0.25) is 5.02 Å². The molecule has 0 spiro atoms. The Morgan fingerprint density at radius 2 is 1.96 bits per heavy atom. The molecule has 144 valence electrons. The number of benzene rings is 2. The van der Waals surface area contributed by atoms with Gasteiger partial charge in [0.1, 0.15) is 0 Å². The molecule has 2 atom stereocenters. The van der Waals surface area contributed by atoms with Crippen LogP contribution in [0.5, 0.6) is 0 Å². The van der Waals surface area contributed by atoms with E-state index in [0.29, 0.717) is 11.8 Å². The lowest BCUT2D eigenvalue weighted by Gasteiger charge is -2.31. The molecule has 1 amide bonds. The van der Waals surface area contributed by atoms with E-state index in [4.69, 9.17) is 11.6 Å². The van der Waals surface area contributed by atoms with Gasteiger partial charge in [0.15, 0.2) is 0 Å². The molecule has 1 saturated carbocycles. The molecule has 2 N–H and O–H groups in total. The molecule has 8 heteroatoms. The van der Waals surface area contributed by atoms with E-state index in [1.54, 1.807) is 30.3 Å². The molecule has 2 aliphatic rings. The lowest BCUT2D eigenvalue weighted by molar-refractivity contribution is 0.0953. The van der Waals surface area contributed by atoms with Crippen LogP contribution in [0.25, 0.3) is 0 Å². The number of nitrogens with one attached hydrogen (secondary N) is 2. The predicted octanol–water partition coefficient (Wildman–Crippen LogP) is 3.82. The number of hydrazone groups is 1. The number of allylic oxidation sites excluding steroid dienone is 2. The van der Waals surface area contributed by atoms with Crippen LogP contribution >= 0.6 is 11.6 Å². The number of carbonyl (C=O) groups excluding carboxylic acids is 1. The number of rotatable bonds is 5. The maximum absolute atomic E-state index is 12.6. The van der Waals surface area contributed by atoms with Crippen molar-refractivity contribution in [1.29, 1.82) is 0 Å². The number of para-hydroxylation sites is 1. The molecular formula is C20H18ClN3O3S. The van der Waals surface area contributed by atoms with Crippen molar-refractivity contribution < 1.29 is 13.2 Å². The fraction of sp³-hybridized carbons (Fsp3) is 0.200. The molecule has 28 heavy (non-hydrogen) atoms. The normalized spacial score (nSPS) is 21.8. The molecule has 0 unspecified atom stereocenters. The number of hydrogen-bond acceptors (Lipinski definition) is 4. The number of amides is 1. The topological polar surface area (TPSA) is 87.6 Å². The van der Waals surface area contributed by atoms with Gasteiger partial charge in [-0.2, -0.15) is 5.10 Å². The molecule has 0 radical (unpaired) electrons. The Labute approximate surface area is 168 Å². The van der Waals surface area contributed by atoms with Crippen molar-refractivity contribution in [3.05, 3.63) is 71.3 Å². The predicted molar refractivity (Wildman–Crippen MR) is 109 cm³/mol. The zero-order chi connectivity index (χ0) is 19.7. The summed E-state index contributed by atoms with van der Waals surface area (Å²) in [6.45, 7) is 0. The third-order valence-corrected chi connectivity index (χ3v) is 6.68. The van der Waals surface area contributed by atoms with E-state index < -0.39 is 15.9 Å². The average Bonchev–Trinajstić information content (AvgIpc) is 3.04. The van der Waals surface area contributed by atoms with Crippen molar-refractivity contribution in [2.75, 3.05) is 4.72 Å². The standard InChI is InChI=1S/C20H18ClN3O3S/c21-17-9-1-2-10-18(17)24-28(26,27)15-7-3-6-14(11-15)20(25)23-22-19-12-13-5-4-8-16(13)19/h1-7,9-11,13,16,24H,8,12H2,(H,23,25)/b22-19-/t13-,16+/m0/s1. The lowest BCUT2D eigenvalue weighted by atomic mass is 9.74. The summed E-state index contributed by atoms with van der Waals surface area (Å²) in [6, 6.07) is 12.3. The minimum atomic E-state index is -3.89. The molecule has 0 aliphatic heterocycles. The highest BCUT2D eigenvalue weighted by atomic mass is 35.5. The summed E-state index contributed by atoms with van der Waals surface area (Å²) in [5, 5.41) is 4.50. The van der Waals surface area contributed by atoms with Gasteiger partial charge in [-0.3, -0.25) is 9.52 Å². The average molecular weight is 416 g/mol. The third kappa shape index (κ3) is 3.68. The molecule has 2 aromatic rings. The first-order chi connectivity index (χ1) is 13.4. The summed E-state index contributed by atoms with van der Waals surface area (Å²) in [5.74, 6) is 0.489. The first-order valence-electron chi connectivity index (χ1n) is 8.85. The van der Waals surface area contributed by atoms with Crippen LogP contribution in [0.1, 0.15) is 23.2 Å². The minimum absolute atomic E-state index is 0.0311. The Morgan fingerprint density at radius 3 is 2.75 bits per heavy atom. The molecule has 4 rings (SSSR count). The highest BCUT2D eigenvalue weighted by molar-refractivity contribution is 7.92. The summed E-state index contributed by atoms with van der Waals surface area (Å²) in [5.41, 5.74) is 4.00. The fourth-order valence-corrected chi connectivity index (χ4v) is 4.77. The molecule has 0 aromatic heterocycles. The van der Waals surface area contributed by atoms with Gasteiger partial charge in [-0.25, -0.2) is 13.8 Å². The van der Waals surface area contributed by atoms with E-state index in [-0.39, 0.29) is 21.2 Å². The number of carbonyl (C=O) groups is 1. The molecule has 0 heterocycles. The number of nitrogens with zero attached hydrogens (tertiary/aromatic N) is 1. The second-order valence-corrected chi connectivity index (χ2v) is 8.89. The summed E-state index contributed by atoms with van der Waals surface area (Å²) in [4.78, 5) is 12.4. The molecule has 0 saturated heterocycles. The zero-order valence-electron chi connectivity index (χ0n) is 14.8. The molecule has 2 aromatic carbocycles. The SMILES string of the molecule is O=C(N/N=C1/C[C@@H]2C=CC[C@@H]12)c1cccc(S(=O)(=O)Nc2ccccc2Cl)c1. The van der Waals surface area contributed by atoms with Crippen molar-refractivity contribution in [2.45, 2.75) is 17.7 Å². The molecule has 1 fully saturated rings. The van der Waals surface area contributed by atoms with Crippen LogP contribution < -0.4 is 10.1 Å². The zero-order valence-corrected chi connectivity index (χ0v) is 16.4. The quantitative estimate of drug-likeness (QED) is 0.574. The van der Waals surface area contributed by atoms with Crippen LogP contribution in [0, 0.1) is 11.8 Å². The third-order valence-electron chi connectivity index (χ3n) is 4.99. The summed E-state index contributed by atoms with van der Waals surface area (Å²) >= 11 is 6.02. The summed E-state index contributed by atoms with van der Waals surface area (Å²) in [7, 11) is -3.89. The van der Waals surface area contributed by atoms with Gasteiger partial charge in [-0.15, -0.1) is 0 Å². The van der Waals surface area contributed by atoms with Gasteiger partial charge in [0.05, 0.1) is 15.6 Å². The van der Waals surface area contributed by atoms with Gasteiger partial charge in [0.25, 0.3) is 15.9 Å². The number of fused-ring (bicyclic) bond motifs is 1. The van der Waals surface area contributed by atoms with E-state index >= 15 is 0 Å². The Morgan fingerprint density at radius 1 is 1.14 bits per heavy atom. The lowest BCUT2D eigenvalue weighted by Crippen LogP contribution is -2.35. The number of sulfonamides is 1. The Kier molecular flexibility index (Phi) is 4.95. The Bertz CT molecular complexity index is 1100. The van der Waals surface area contributed by atoms with E-state index in [1.165, 1.54) is 18.2 Å². The number of anilines is 1. The Balaban J connectivity index is 1.48. The Hall–Kier alpha value is -2.64. The monoisotopic (exact) mass is 415 g/mol. The first kappa shape index (κ1) is 18.7. The van der Waals surface area contributed by atoms with Crippen LogP contribution in [-0.2, 0) is 10.0 Å². The van der Waals surface area contributed by atoms with E-state index in [0.717, 1.165) is 18.6 Å². The van der Waals surface area contributed by atoms with Gasteiger partial charge in [0, 0.05) is 17.2 Å². The second-order valence-electron chi connectivity index (χ2n) is 6.80. The van der Waals surface area contributed by atoms with Crippen LogP contribution in [0.15, 0.2) is 70.7 Å². The van der Waals surface area contributed by atoms with Gasteiger partial charge in [0.2, 0.25) is 0 Å². The smallest absolute Gasteiger partial charge is 0.271 e. The largest absolute Gasteiger partial charge is 0.278 e. The summed E-state index contributed by atoms with van der Waals surface area (Å²) in [6.07, 6.45) is 6.14. The van der Waals surface area contributed by atoms with Crippen molar-refractivity contribution in [2.24, 2.45) is 16.9 Å². The summed E-state index contributed by atoms with van der Waals surface area (Å²) < 4.78 is 27.7. The molecular weight excluding hydrogens is 398 g/mol. The van der Waals surface area contributed by atoms with Crippen molar-refractivity contribution in [1.82, 2.24) is 5.43 Å². The van der Waals surface area contributed by atoms with E-state index in [1.807, 2.05) is 0 Å². The van der Waals surface area contributed by atoms with Gasteiger partial charge < -0.3 is 0 Å². The highest BCUT2D eigenvalue weighted by Crippen LogP contribution is 2.40. The van der Waals surface area contributed by atoms with Crippen LogP contribution in [0.3, 0.4) is 0 Å². The van der Waals surface area contributed by atoms with Gasteiger partial charge in [-0.1, -0.05) is 42.0 Å². The molecule has 6 nitrogen and oxygen atoms in total. The van der Waals surface area contributed by atoms with Gasteiger partial charge >= 0.3 is 0 Å². The maximum Gasteiger partial charge on any atom is 0.271 e. The van der Waals surface area contributed by atoms with Gasteiger partial charge in [-0.05, 0) is 49.1 Å². The van der Waals surface area contributed by atoms with Crippen molar-refractivity contribution in [3.63, 3.8) is 0 Å². The molecule has 0 bridgehead atoms.